The Balaban J connectivity index is 2.55. The van der Waals surface area contributed by atoms with E-state index in [2.05, 4.69) is 10.4 Å². The molecule has 0 spiro atoms. The van der Waals surface area contributed by atoms with Crippen LogP contribution in [-0.2, 0) is 23.2 Å². The van der Waals surface area contributed by atoms with E-state index in [0.29, 0.717) is 4.90 Å². The Bertz CT molecular complexity index is 468. The number of nitrogens with zero attached hydrogens (tertiary/aromatic N) is 3. The summed E-state index contributed by atoms with van der Waals surface area (Å²) in [6.07, 6.45) is 3.22. The van der Waals surface area contributed by atoms with Crippen LogP contribution in [0, 0.1) is 0 Å². The van der Waals surface area contributed by atoms with Crippen molar-refractivity contribution in [3.8, 4) is 0 Å². The van der Waals surface area contributed by atoms with Crippen molar-refractivity contribution in [1.82, 2.24) is 20.0 Å². The van der Waals surface area contributed by atoms with Crippen molar-refractivity contribution < 1.29 is 24.6 Å². The van der Waals surface area contributed by atoms with Gasteiger partial charge in [0.15, 0.2) is 0 Å². The maximum atomic E-state index is 11.7. The standard InChI is InChI=1S/C10H14N4O5/c1-13-4-7(3-12-13)2-11-10(19)14(5-8(15)16)6-9(17)18/h3-4H,2,5-6H2,1H3,(H,11,19)(H,15,16)(H,17,18). The molecule has 1 aromatic heterocycles. The predicted octanol–water partition coefficient (Wildman–Crippen LogP) is -0.899. The number of amides is 2. The van der Waals surface area contributed by atoms with Gasteiger partial charge in [0.2, 0.25) is 0 Å². The highest BCUT2D eigenvalue weighted by molar-refractivity contribution is 5.84. The van der Waals surface area contributed by atoms with Crippen molar-refractivity contribution in [2.24, 2.45) is 7.05 Å². The molecule has 0 bridgehead atoms. The topological polar surface area (TPSA) is 125 Å². The van der Waals surface area contributed by atoms with Gasteiger partial charge in [0.25, 0.3) is 0 Å². The number of carboxylic acids is 2. The van der Waals surface area contributed by atoms with Crippen molar-refractivity contribution in [2.75, 3.05) is 13.1 Å². The van der Waals surface area contributed by atoms with E-state index in [4.69, 9.17) is 10.2 Å². The summed E-state index contributed by atoms with van der Waals surface area (Å²) in [5.74, 6) is -2.56. The number of carbonyl (C=O) groups excluding carboxylic acids is 1. The van der Waals surface area contributed by atoms with E-state index < -0.39 is 31.1 Å². The Labute approximate surface area is 108 Å². The fourth-order valence-electron chi connectivity index (χ4n) is 1.38. The van der Waals surface area contributed by atoms with E-state index >= 15 is 0 Å². The highest BCUT2D eigenvalue weighted by Gasteiger charge is 2.19. The zero-order valence-corrected chi connectivity index (χ0v) is 10.2. The first-order valence-corrected chi connectivity index (χ1v) is 5.32. The van der Waals surface area contributed by atoms with Crippen LogP contribution in [0.2, 0.25) is 0 Å². The van der Waals surface area contributed by atoms with Crippen molar-refractivity contribution in [1.29, 1.82) is 0 Å². The summed E-state index contributed by atoms with van der Waals surface area (Å²) in [6, 6.07) is -0.756. The average Bonchev–Trinajstić information content (AvgIpc) is 2.70. The van der Waals surface area contributed by atoms with Gasteiger partial charge in [-0.1, -0.05) is 0 Å². The maximum Gasteiger partial charge on any atom is 0.323 e. The van der Waals surface area contributed by atoms with Crippen LogP contribution in [-0.4, -0.2) is 56.0 Å². The van der Waals surface area contributed by atoms with Crippen molar-refractivity contribution in [3.05, 3.63) is 18.0 Å². The lowest BCUT2D eigenvalue weighted by Crippen LogP contribution is -2.45. The van der Waals surface area contributed by atoms with Gasteiger partial charge in [-0.2, -0.15) is 5.10 Å². The molecule has 0 fully saturated rings. The van der Waals surface area contributed by atoms with Crippen molar-refractivity contribution in [2.45, 2.75) is 6.54 Å². The van der Waals surface area contributed by atoms with Gasteiger partial charge in [0.1, 0.15) is 13.1 Å². The molecule has 0 aromatic carbocycles. The van der Waals surface area contributed by atoms with E-state index in [1.165, 1.54) is 0 Å². The van der Waals surface area contributed by atoms with Crippen molar-refractivity contribution >= 4 is 18.0 Å². The van der Waals surface area contributed by atoms with E-state index in [-0.39, 0.29) is 6.54 Å². The summed E-state index contributed by atoms with van der Waals surface area (Å²) < 4.78 is 1.55. The van der Waals surface area contributed by atoms with Crippen LogP contribution in [0.1, 0.15) is 5.56 Å². The summed E-state index contributed by atoms with van der Waals surface area (Å²) in [5, 5.41) is 23.5. The van der Waals surface area contributed by atoms with Crippen molar-refractivity contribution in [3.63, 3.8) is 0 Å². The molecule has 1 heterocycles. The lowest BCUT2D eigenvalue weighted by molar-refractivity contribution is -0.140. The second-order valence-electron chi connectivity index (χ2n) is 3.82. The molecular weight excluding hydrogens is 256 g/mol. The first-order valence-electron chi connectivity index (χ1n) is 5.32. The number of hydrogen-bond donors (Lipinski definition) is 3. The first-order chi connectivity index (χ1) is 8.88. The number of carbonyl (C=O) groups is 3. The fraction of sp³-hybridized carbons (Fsp3) is 0.400. The number of aromatic nitrogens is 2. The number of carboxylic acid groups (broad SMARTS) is 2. The van der Waals surface area contributed by atoms with Gasteiger partial charge in [-0.15, -0.1) is 0 Å². The number of nitrogens with one attached hydrogen (secondary N) is 1. The Hall–Kier alpha value is -2.58. The molecule has 9 nitrogen and oxygen atoms in total. The van der Waals surface area contributed by atoms with Crippen LogP contribution in [0.3, 0.4) is 0 Å². The normalized spacial score (nSPS) is 9.95. The number of urea groups is 1. The summed E-state index contributed by atoms with van der Waals surface area (Å²) >= 11 is 0. The molecule has 0 aliphatic carbocycles. The Morgan fingerprint density at radius 2 is 1.89 bits per heavy atom. The Morgan fingerprint density at radius 3 is 2.32 bits per heavy atom. The molecule has 3 N–H and O–H groups in total. The lowest BCUT2D eigenvalue weighted by Gasteiger charge is -2.18. The third-order valence-corrected chi connectivity index (χ3v) is 2.14. The summed E-state index contributed by atoms with van der Waals surface area (Å²) in [5.41, 5.74) is 0.724. The van der Waals surface area contributed by atoms with Gasteiger partial charge in [-0.05, 0) is 0 Å². The Morgan fingerprint density at radius 1 is 1.32 bits per heavy atom. The minimum absolute atomic E-state index is 0.141. The molecule has 1 aromatic rings. The van der Waals surface area contributed by atoms with Crippen LogP contribution < -0.4 is 5.32 Å². The van der Waals surface area contributed by atoms with Gasteiger partial charge in [-0.3, -0.25) is 14.3 Å². The second kappa shape index (κ2) is 6.38. The third-order valence-electron chi connectivity index (χ3n) is 2.14. The molecule has 2 amide bonds. The summed E-state index contributed by atoms with van der Waals surface area (Å²) in [4.78, 5) is 33.4. The molecule has 0 saturated heterocycles. The molecule has 9 heteroatoms. The summed E-state index contributed by atoms with van der Waals surface area (Å²) in [7, 11) is 1.71. The molecular formula is C10H14N4O5. The number of aliphatic carboxylic acids is 2. The van der Waals surface area contributed by atoms with Crippen LogP contribution in [0.5, 0.6) is 0 Å². The van der Waals surface area contributed by atoms with E-state index in [0.717, 1.165) is 5.56 Å². The largest absolute Gasteiger partial charge is 0.480 e. The van der Waals surface area contributed by atoms with Gasteiger partial charge >= 0.3 is 18.0 Å². The zero-order chi connectivity index (χ0) is 14.4. The van der Waals surface area contributed by atoms with Crippen LogP contribution in [0.25, 0.3) is 0 Å². The summed E-state index contributed by atoms with van der Waals surface area (Å²) in [6.45, 7) is -1.21. The smallest absolute Gasteiger partial charge is 0.323 e. The molecule has 0 saturated carbocycles. The molecule has 0 unspecified atom stereocenters. The minimum atomic E-state index is -1.28. The average molecular weight is 270 g/mol. The van der Waals surface area contributed by atoms with Gasteiger partial charge in [-0.25, -0.2) is 4.79 Å². The second-order valence-corrected chi connectivity index (χ2v) is 3.82. The van der Waals surface area contributed by atoms with E-state index in [1.807, 2.05) is 0 Å². The Kier molecular flexibility index (Phi) is 4.86. The van der Waals surface area contributed by atoms with Crippen LogP contribution >= 0.6 is 0 Å². The molecule has 0 aliphatic rings. The molecule has 1 rings (SSSR count). The van der Waals surface area contributed by atoms with E-state index in [9.17, 15) is 14.4 Å². The highest BCUT2D eigenvalue weighted by atomic mass is 16.4. The van der Waals surface area contributed by atoms with Gasteiger partial charge in [0.05, 0.1) is 6.20 Å². The lowest BCUT2D eigenvalue weighted by atomic mass is 10.3. The highest BCUT2D eigenvalue weighted by Crippen LogP contribution is 1.97. The third kappa shape index (κ3) is 5.06. The molecule has 104 valence electrons. The fourth-order valence-corrected chi connectivity index (χ4v) is 1.38. The van der Waals surface area contributed by atoms with E-state index in [1.54, 1.807) is 24.1 Å². The maximum absolute atomic E-state index is 11.7. The molecule has 0 aliphatic heterocycles. The van der Waals surface area contributed by atoms with Crippen LogP contribution in [0.4, 0.5) is 4.79 Å². The first kappa shape index (κ1) is 14.5. The van der Waals surface area contributed by atoms with Gasteiger partial charge in [0, 0.05) is 25.4 Å². The van der Waals surface area contributed by atoms with Crippen LogP contribution in [0.15, 0.2) is 12.4 Å². The quantitative estimate of drug-likeness (QED) is 0.615. The SMILES string of the molecule is Cn1cc(CNC(=O)N(CC(=O)O)CC(=O)O)cn1. The number of rotatable bonds is 6. The minimum Gasteiger partial charge on any atom is -0.480 e. The zero-order valence-electron chi connectivity index (χ0n) is 10.2. The number of aryl methyl sites for hydroxylation is 1. The molecule has 0 atom stereocenters. The molecule has 0 radical (unpaired) electrons. The monoisotopic (exact) mass is 270 g/mol. The predicted molar refractivity (Wildman–Crippen MR) is 62.3 cm³/mol. The van der Waals surface area contributed by atoms with Gasteiger partial charge < -0.3 is 20.4 Å². The molecule has 19 heavy (non-hydrogen) atoms. The number of hydrogen-bond acceptors (Lipinski definition) is 4.